The second-order valence-electron chi connectivity index (χ2n) is 7.88. The minimum absolute atomic E-state index is 0.0354. The first-order valence-electron chi connectivity index (χ1n) is 11.0. The number of carbonyl (C=O) groups excluding carboxylic acids is 2. The maximum Gasteiger partial charge on any atom is 0.335 e. The van der Waals surface area contributed by atoms with Crippen molar-refractivity contribution in [2.24, 2.45) is 0 Å². The van der Waals surface area contributed by atoms with Gasteiger partial charge < -0.3 is 15.7 Å². The molecule has 4 rings (SSSR count). The van der Waals surface area contributed by atoms with Crippen molar-refractivity contribution in [2.45, 2.75) is 12.5 Å². The highest BCUT2D eigenvalue weighted by molar-refractivity contribution is 6.31. The average molecular weight is 536 g/mol. The average Bonchev–Trinajstić information content (AvgIpc) is 3.45. The van der Waals surface area contributed by atoms with E-state index in [1.165, 1.54) is 53.5 Å². The van der Waals surface area contributed by atoms with Gasteiger partial charge in [-0.25, -0.2) is 9.18 Å². The van der Waals surface area contributed by atoms with Gasteiger partial charge >= 0.3 is 5.97 Å². The van der Waals surface area contributed by atoms with Crippen LogP contribution in [0.15, 0.2) is 73.3 Å². The van der Waals surface area contributed by atoms with E-state index >= 15 is 0 Å². The Balaban J connectivity index is 1.54. The number of carboxylic acid groups (broad SMARTS) is 1. The zero-order valence-corrected chi connectivity index (χ0v) is 20.2. The highest BCUT2D eigenvalue weighted by Gasteiger charge is 2.21. The van der Waals surface area contributed by atoms with E-state index in [-0.39, 0.29) is 28.3 Å². The summed E-state index contributed by atoms with van der Waals surface area (Å²) in [4.78, 5) is 41.0. The number of benzene rings is 2. The number of rotatable bonds is 9. The highest BCUT2D eigenvalue weighted by atomic mass is 35.5. The van der Waals surface area contributed by atoms with Crippen molar-refractivity contribution in [3.8, 4) is 5.69 Å². The van der Waals surface area contributed by atoms with Crippen LogP contribution in [0, 0.1) is 5.82 Å². The van der Waals surface area contributed by atoms with Gasteiger partial charge in [-0.2, -0.15) is 4.68 Å². The van der Waals surface area contributed by atoms with Crippen molar-refractivity contribution >= 4 is 41.1 Å². The topological polar surface area (TPSA) is 152 Å². The summed E-state index contributed by atoms with van der Waals surface area (Å²) >= 11 is 5.92. The largest absolute Gasteiger partial charge is 0.478 e. The third kappa shape index (κ3) is 6.42. The first-order chi connectivity index (χ1) is 18.3. The number of amides is 2. The maximum absolute atomic E-state index is 14.8. The SMILES string of the molecule is O=C(/C=C/c1c(-n2cnnn2)ccc(Cl)c1F)N[C@@H](Cc1cccnc1)C(=O)Nc1ccc(C(=O)O)cc1. The third-order valence-corrected chi connectivity index (χ3v) is 5.59. The summed E-state index contributed by atoms with van der Waals surface area (Å²) in [6.45, 7) is 0. The molecule has 11 nitrogen and oxygen atoms in total. The molecule has 4 aromatic rings. The molecule has 2 aromatic carbocycles. The lowest BCUT2D eigenvalue weighted by Gasteiger charge is -2.18. The van der Waals surface area contributed by atoms with Gasteiger partial charge in [-0.1, -0.05) is 17.7 Å². The molecule has 0 bridgehead atoms. The van der Waals surface area contributed by atoms with Gasteiger partial charge in [0.15, 0.2) is 5.82 Å². The Morgan fingerprint density at radius 2 is 1.92 bits per heavy atom. The van der Waals surface area contributed by atoms with Crippen molar-refractivity contribution in [2.75, 3.05) is 5.32 Å². The number of aromatic carboxylic acids is 1. The van der Waals surface area contributed by atoms with Crippen LogP contribution in [-0.4, -0.2) is 54.1 Å². The number of nitrogens with zero attached hydrogens (tertiary/aromatic N) is 5. The molecule has 2 heterocycles. The normalized spacial score (nSPS) is 11.7. The first kappa shape index (κ1) is 26.1. The lowest BCUT2D eigenvalue weighted by Crippen LogP contribution is -2.44. The van der Waals surface area contributed by atoms with Gasteiger partial charge in [-0.15, -0.1) is 5.10 Å². The van der Waals surface area contributed by atoms with Crippen LogP contribution in [0.3, 0.4) is 0 Å². The fourth-order valence-corrected chi connectivity index (χ4v) is 3.62. The van der Waals surface area contributed by atoms with Gasteiger partial charge in [0, 0.05) is 36.1 Å². The lowest BCUT2D eigenvalue weighted by molar-refractivity contribution is -0.123. The molecule has 0 spiro atoms. The number of nitrogens with one attached hydrogen (secondary N) is 2. The Labute approximate surface area is 220 Å². The fraction of sp³-hybridized carbons (Fsp3) is 0.0800. The molecule has 3 N–H and O–H groups in total. The predicted molar refractivity (Wildman–Crippen MR) is 135 cm³/mol. The summed E-state index contributed by atoms with van der Waals surface area (Å²) in [7, 11) is 0. The standard InChI is InChI=1S/C25H19ClFN7O4/c26-19-8-9-21(34-14-29-32-33-34)18(23(19)27)7-10-22(35)31-20(12-15-2-1-11-28-13-15)24(36)30-17-5-3-16(4-6-17)25(37)38/h1-11,13-14,20H,12H2,(H,30,36)(H,31,35)(H,37,38)/b10-7+/t20-/m0/s1. The molecule has 0 saturated carbocycles. The Morgan fingerprint density at radius 1 is 1.13 bits per heavy atom. The maximum atomic E-state index is 14.8. The molecule has 0 saturated heterocycles. The first-order valence-corrected chi connectivity index (χ1v) is 11.4. The second kappa shape index (κ2) is 11.8. The Hall–Kier alpha value is -4.97. The van der Waals surface area contributed by atoms with E-state index in [1.54, 1.807) is 24.5 Å². The molecule has 13 heteroatoms. The van der Waals surface area contributed by atoms with E-state index in [1.807, 2.05) is 0 Å². The van der Waals surface area contributed by atoms with Crippen LogP contribution in [0.4, 0.5) is 10.1 Å². The summed E-state index contributed by atoms with van der Waals surface area (Å²) in [5, 5.41) is 25.0. The summed E-state index contributed by atoms with van der Waals surface area (Å²) in [5.74, 6) is -3.12. The molecule has 2 aromatic heterocycles. The van der Waals surface area contributed by atoms with Crippen LogP contribution < -0.4 is 10.6 Å². The predicted octanol–water partition coefficient (Wildman–Crippen LogP) is 2.93. The van der Waals surface area contributed by atoms with Gasteiger partial charge in [0.2, 0.25) is 11.8 Å². The van der Waals surface area contributed by atoms with E-state index in [0.29, 0.717) is 11.3 Å². The number of hydrogen-bond donors (Lipinski definition) is 3. The summed E-state index contributed by atoms with van der Waals surface area (Å²) in [6.07, 6.45) is 6.77. The third-order valence-electron chi connectivity index (χ3n) is 5.30. The van der Waals surface area contributed by atoms with Gasteiger partial charge in [0.1, 0.15) is 12.4 Å². The zero-order chi connectivity index (χ0) is 27.1. The Morgan fingerprint density at radius 3 is 2.58 bits per heavy atom. The summed E-state index contributed by atoms with van der Waals surface area (Å²) < 4.78 is 16.0. The monoisotopic (exact) mass is 535 g/mol. The van der Waals surface area contributed by atoms with Crippen LogP contribution >= 0.6 is 11.6 Å². The number of carboxylic acids is 1. The van der Waals surface area contributed by atoms with Crippen LogP contribution in [-0.2, 0) is 16.0 Å². The van der Waals surface area contributed by atoms with Crippen molar-refractivity contribution in [3.05, 3.63) is 101 Å². The lowest BCUT2D eigenvalue weighted by atomic mass is 10.1. The van der Waals surface area contributed by atoms with Crippen molar-refractivity contribution in [1.29, 1.82) is 0 Å². The molecule has 0 aliphatic heterocycles. The molecule has 192 valence electrons. The molecular weight excluding hydrogens is 517 g/mol. The van der Waals surface area contributed by atoms with Gasteiger partial charge in [0.05, 0.1) is 16.3 Å². The quantitative estimate of drug-likeness (QED) is 0.277. The van der Waals surface area contributed by atoms with Crippen molar-refractivity contribution in [1.82, 2.24) is 30.5 Å². The number of aromatic nitrogens is 5. The minimum Gasteiger partial charge on any atom is -0.478 e. The fourth-order valence-electron chi connectivity index (χ4n) is 3.45. The van der Waals surface area contributed by atoms with E-state index in [9.17, 15) is 18.8 Å². The number of halogens is 2. The number of hydrogen-bond acceptors (Lipinski definition) is 7. The molecule has 0 fully saturated rings. The van der Waals surface area contributed by atoms with Crippen LogP contribution in [0.25, 0.3) is 11.8 Å². The number of carbonyl (C=O) groups is 3. The van der Waals surface area contributed by atoms with Crippen molar-refractivity contribution in [3.63, 3.8) is 0 Å². The van der Waals surface area contributed by atoms with E-state index < -0.39 is 29.6 Å². The van der Waals surface area contributed by atoms with E-state index in [0.717, 1.165) is 6.08 Å². The molecule has 1 atom stereocenters. The number of tetrazole rings is 1. The molecule has 0 aliphatic carbocycles. The van der Waals surface area contributed by atoms with Crippen LogP contribution in [0.5, 0.6) is 0 Å². The molecule has 0 radical (unpaired) electrons. The Bertz CT molecular complexity index is 1480. The van der Waals surface area contributed by atoms with Crippen LogP contribution in [0.1, 0.15) is 21.5 Å². The molecule has 0 aliphatic rings. The minimum atomic E-state index is -1.10. The molecule has 38 heavy (non-hydrogen) atoms. The van der Waals surface area contributed by atoms with E-state index in [2.05, 4.69) is 31.1 Å². The van der Waals surface area contributed by atoms with E-state index in [4.69, 9.17) is 16.7 Å². The highest BCUT2D eigenvalue weighted by Crippen LogP contribution is 2.25. The van der Waals surface area contributed by atoms with Gasteiger partial charge in [-0.05, 0) is 64.5 Å². The summed E-state index contributed by atoms with van der Waals surface area (Å²) in [6, 6.07) is 10.8. The zero-order valence-electron chi connectivity index (χ0n) is 19.5. The molecular formula is C25H19ClFN7O4. The summed E-state index contributed by atoms with van der Waals surface area (Å²) in [5.41, 5.74) is 1.29. The Kier molecular flexibility index (Phi) is 8.14. The molecule has 2 amide bonds. The smallest absolute Gasteiger partial charge is 0.335 e. The number of anilines is 1. The van der Waals surface area contributed by atoms with Crippen molar-refractivity contribution < 1.29 is 23.9 Å². The van der Waals surface area contributed by atoms with Gasteiger partial charge in [-0.3, -0.25) is 14.6 Å². The second-order valence-corrected chi connectivity index (χ2v) is 8.29. The van der Waals surface area contributed by atoms with Gasteiger partial charge in [0.25, 0.3) is 0 Å². The molecule has 0 unspecified atom stereocenters. The van der Waals surface area contributed by atoms with Crippen LogP contribution in [0.2, 0.25) is 5.02 Å². The number of pyridine rings is 1.